The Morgan fingerprint density at radius 2 is 0.830 bits per heavy atom. The van der Waals surface area contributed by atoms with Gasteiger partial charge in [0.2, 0.25) is 0 Å². The molecule has 47 heavy (non-hydrogen) atoms. The van der Waals surface area contributed by atoms with E-state index in [1.807, 2.05) is 42.5 Å². The molecule has 0 fully saturated rings. The molecule has 0 spiro atoms. The minimum Gasteiger partial charge on any atom is -0.228 e. The molecular formula is C42H26N4S. The van der Waals surface area contributed by atoms with Crippen LogP contribution in [0, 0.1) is 0 Å². The number of fused-ring (bicyclic) bond motifs is 4. The third-order valence-corrected chi connectivity index (χ3v) is 9.70. The molecule has 0 aliphatic carbocycles. The maximum atomic E-state index is 5.12. The minimum absolute atomic E-state index is 0.715. The molecule has 0 atom stereocenters. The third kappa shape index (κ3) is 4.94. The maximum Gasteiger partial charge on any atom is 0.160 e. The molecule has 9 aromatic rings. The van der Waals surface area contributed by atoms with Gasteiger partial charge in [0.25, 0.3) is 0 Å². The number of benzene rings is 6. The molecule has 0 unspecified atom stereocenters. The zero-order valence-electron chi connectivity index (χ0n) is 25.2. The molecule has 220 valence electrons. The predicted molar refractivity (Wildman–Crippen MR) is 195 cm³/mol. The zero-order chi connectivity index (χ0) is 31.2. The van der Waals surface area contributed by atoms with E-state index in [-0.39, 0.29) is 0 Å². The second-order valence-corrected chi connectivity index (χ2v) is 12.5. The summed E-state index contributed by atoms with van der Waals surface area (Å²) >= 11 is 1.75. The Balaban J connectivity index is 1.07. The number of para-hydroxylation sites is 1. The van der Waals surface area contributed by atoms with Crippen LogP contribution in [0.3, 0.4) is 0 Å². The standard InChI is InChI=1S/C42H26N4S/c1-3-11-29(12-4-1)37-33-15-7-9-17-35(33)43-41(44-37)31-23-19-27(20-24-31)28-21-25-32(26-22-28)42-45-38(30-13-5-2-6-14-30)40-39(46-42)34-16-8-10-18-36(34)47-40/h1-26H. The highest BCUT2D eigenvalue weighted by molar-refractivity contribution is 7.26. The highest BCUT2D eigenvalue weighted by Crippen LogP contribution is 2.39. The van der Waals surface area contributed by atoms with E-state index in [2.05, 4.69) is 115 Å². The normalized spacial score (nSPS) is 11.4. The summed E-state index contributed by atoms with van der Waals surface area (Å²) < 4.78 is 2.33. The summed E-state index contributed by atoms with van der Waals surface area (Å²) in [6.07, 6.45) is 0. The van der Waals surface area contributed by atoms with Crippen molar-refractivity contribution in [3.63, 3.8) is 0 Å². The Bertz CT molecular complexity index is 2540. The number of rotatable bonds is 5. The van der Waals surface area contributed by atoms with Crippen molar-refractivity contribution in [1.82, 2.24) is 19.9 Å². The number of thiophene rings is 1. The SMILES string of the molecule is c1ccc(-c2nc(-c3ccc(-c4ccc(-c5nc(-c6ccccc6)c6sc7ccccc7c6n5)cc4)cc3)nc3ccccc23)cc1. The van der Waals surface area contributed by atoms with E-state index >= 15 is 0 Å². The van der Waals surface area contributed by atoms with Gasteiger partial charge >= 0.3 is 0 Å². The number of nitrogens with zero attached hydrogens (tertiary/aromatic N) is 4. The lowest BCUT2D eigenvalue weighted by molar-refractivity contribution is 1.23. The van der Waals surface area contributed by atoms with Crippen molar-refractivity contribution in [2.24, 2.45) is 0 Å². The van der Waals surface area contributed by atoms with Crippen LogP contribution < -0.4 is 0 Å². The fraction of sp³-hybridized carbons (Fsp3) is 0. The van der Waals surface area contributed by atoms with E-state index in [4.69, 9.17) is 19.9 Å². The lowest BCUT2D eigenvalue weighted by Crippen LogP contribution is -1.95. The van der Waals surface area contributed by atoms with Crippen LogP contribution in [-0.4, -0.2) is 19.9 Å². The van der Waals surface area contributed by atoms with E-state index in [0.29, 0.717) is 5.82 Å². The van der Waals surface area contributed by atoms with Gasteiger partial charge in [-0.3, -0.25) is 0 Å². The quantitative estimate of drug-likeness (QED) is 0.193. The van der Waals surface area contributed by atoms with Crippen molar-refractivity contribution in [3.05, 3.63) is 158 Å². The summed E-state index contributed by atoms with van der Waals surface area (Å²) in [5.74, 6) is 1.44. The van der Waals surface area contributed by atoms with Crippen LogP contribution in [0.2, 0.25) is 0 Å². The first-order valence-corrected chi connectivity index (χ1v) is 16.4. The summed E-state index contributed by atoms with van der Waals surface area (Å²) in [6, 6.07) is 54.4. The van der Waals surface area contributed by atoms with Gasteiger partial charge in [-0.05, 0) is 23.3 Å². The minimum atomic E-state index is 0.715. The van der Waals surface area contributed by atoms with Gasteiger partial charge in [-0.1, -0.05) is 146 Å². The Kier molecular flexibility index (Phi) is 6.61. The fourth-order valence-electron chi connectivity index (χ4n) is 6.16. The maximum absolute atomic E-state index is 5.12. The van der Waals surface area contributed by atoms with Crippen molar-refractivity contribution in [2.45, 2.75) is 0 Å². The van der Waals surface area contributed by atoms with Crippen LogP contribution in [0.5, 0.6) is 0 Å². The Morgan fingerprint density at radius 1 is 0.340 bits per heavy atom. The Morgan fingerprint density at radius 3 is 1.49 bits per heavy atom. The van der Waals surface area contributed by atoms with Gasteiger partial charge in [0.15, 0.2) is 11.6 Å². The van der Waals surface area contributed by atoms with Gasteiger partial charge in [0.1, 0.15) is 0 Å². The van der Waals surface area contributed by atoms with Crippen molar-refractivity contribution in [2.75, 3.05) is 0 Å². The average molecular weight is 619 g/mol. The topological polar surface area (TPSA) is 51.6 Å². The summed E-state index contributed by atoms with van der Waals surface area (Å²) in [7, 11) is 0. The molecule has 0 amide bonds. The van der Waals surface area contributed by atoms with Crippen molar-refractivity contribution in [1.29, 1.82) is 0 Å². The first-order valence-electron chi connectivity index (χ1n) is 15.6. The second-order valence-electron chi connectivity index (χ2n) is 11.5. The molecule has 6 aromatic carbocycles. The van der Waals surface area contributed by atoms with Crippen LogP contribution in [-0.2, 0) is 0 Å². The average Bonchev–Trinajstić information content (AvgIpc) is 3.53. The van der Waals surface area contributed by atoms with E-state index in [0.717, 1.165) is 77.1 Å². The molecule has 0 radical (unpaired) electrons. The van der Waals surface area contributed by atoms with Gasteiger partial charge in [-0.15, -0.1) is 11.3 Å². The van der Waals surface area contributed by atoms with Crippen LogP contribution in [0.15, 0.2) is 158 Å². The summed E-state index contributed by atoms with van der Waals surface area (Å²) in [4.78, 5) is 20.2. The molecule has 3 aromatic heterocycles. The molecule has 0 aliphatic heterocycles. The highest BCUT2D eigenvalue weighted by atomic mass is 32.1. The molecule has 4 nitrogen and oxygen atoms in total. The fourth-order valence-corrected chi connectivity index (χ4v) is 7.31. The van der Waals surface area contributed by atoms with E-state index < -0.39 is 0 Å². The number of aromatic nitrogens is 4. The monoisotopic (exact) mass is 618 g/mol. The molecule has 5 heteroatoms. The number of hydrogen-bond donors (Lipinski definition) is 0. The van der Waals surface area contributed by atoms with Gasteiger partial charge < -0.3 is 0 Å². The Labute approximate surface area is 275 Å². The summed E-state index contributed by atoms with van der Waals surface area (Å²) in [5, 5.41) is 2.21. The van der Waals surface area contributed by atoms with Crippen LogP contribution in [0.4, 0.5) is 0 Å². The lowest BCUT2D eigenvalue weighted by Gasteiger charge is -2.10. The van der Waals surface area contributed by atoms with Gasteiger partial charge in [-0.2, -0.15) is 0 Å². The van der Waals surface area contributed by atoms with Gasteiger partial charge in [-0.25, -0.2) is 19.9 Å². The van der Waals surface area contributed by atoms with Crippen LogP contribution >= 0.6 is 11.3 Å². The third-order valence-electron chi connectivity index (χ3n) is 8.54. The smallest absolute Gasteiger partial charge is 0.160 e. The summed E-state index contributed by atoms with van der Waals surface area (Å²) in [6.45, 7) is 0. The molecule has 0 aliphatic rings. The molecule has 9 rings (SSSR count). The zero-order valence-corrected chi connectivity index (χ0v) is 26.0. The first kappa shape index (κ1) is 27.3. The molecule has 0 saturated heterocycles. The van der Waals surface area contributed by atoms with E-state index in [1.165, 1.54) is 4.70 Å². The lowest BCUT2D eigenvalue weighted by atomic mass is 10.0. The van der Waals surface area contributed by atoms with Crippen molar-refractivity contribution >= 4 is 42.5 Å². The molecule has 0 saturated carbocycles. The van der Waals surface area contributed by atoms with Gasteiger partial charge in [0, 0.05) is 37.7 Å². The molecule has 0 bridgehead atoms. The van der Waals surface area contributed by atoms with Crippen LogP contribution in [0.1, 0.15) is 0 Å². The summed E-state index contributed by atoms with van der Waals surface area (Å²) in [5.41, 5.74) is 10.2. The Hall–Kier alpha value is -6.04. The van der Waals surface area contributed by atoms with Gasteiger partial charge in [0.05, 0.1) is 27.1 Å². The van der Waals surface area contributed by atoms with Crippen molar-refractivity contribution in [3.8, 4) is 56.4 Å². The second kappa shape index (κ2) is 11.4. The largest absolute Gasteiger partial charge is 0.228 e. The highest BCUT2D eigenvalue weighted by Gasteiger charge is 2.17. The molecule has 3 heterocycles. The predicted octanol–water partition coefficient (Wildman–Crippen LogP) is 11.1. The molecule has 0 N–H and O–H groups in total. The first-order chi connectivity index (χ1) is 23.3. The number of hydrogen-bond acceptors (Lipinski definition) is 5. The van der Waals surface area contributed by atoms with E-state index in [9.17, 15) is 0 Å². The van der Waals surface area contributed by atoms with Crippen LogP contribution in [0.25, 0.3) is 87.6 Å². The van der Waals surface area contributed by atoms with E-state index in [1.54, 1.807) is 11.3 Å². The molecular weight excluding hydrogens is 593 g/mol. The van der Waals surface area contributed by atoms with Crippen molar-refractivity contribution < 1.29 is 0 Å².